The zero-order valence-corrected chi connectivity index (χ0v) is 20.2. The van der Waals surface area contributed by atoms with E-state index in [0.29, 0.717) is 29.3 Å². The average molecular weight is 485 g/mol. The molecule has 6 nitrogen and oxygen atoms in total. The highest BCUT2D eigenvalue weighted by Crippen LogP contribution is 2.57. The quantitative estimate of drug-likeness (QED) is 0.671. The van der Waals surface area contributed by atoms with Crippen LogP contribution in [0.3, 0.4) is 0 Å². The standard InChI is InChI=1S/C25H29ClN4O2S/c26-18-4-2-15(3-5-18)19-16-10-17(19)12-30(11-16)23-27-21-20(33(32)14-24(21)8-9-24)22(28-23)29-25(13-31)6-1-7-25/h2-5,16-17,19,31H,1,6-14H2,(H,27,28,29)/t16?,17?,19?,33-/m1/s1. The van der Waals surface area contributed by atoms with Gasteiger partial charge in [0.25, 0.3) is 0 Å². The van der Waals surface area contributed by atoms with Crippen LogP contribution in [0.4, 0.5) is 11.8 Å². The molecule has 2 saturated heterocycles. The molecule has 8 rings (SSSR count). The Hall–Kier alpha value is -1.70. The zero-order valence-electron chi connectivity index (χ0n) is 18.6. The van der Waals surface area contributed by atoms with Crippen LogP contribution in [0.1, 0.15) is 55.7 Å². The number of benzene rings is 1. The number of aromatic nitrogens is 2. The monoisotopic (exact) mass is 484 g/mol. The maximum Gasteiger partial charge on any atom is 0.227 e. The van der Waals surface area contributed by atoms with Crippen LogP contribution in [0, 0.1) is 11.8 Å². The fourth-order valence-corrected chi connectivity index (χ4v) is 8.61. The molecule has 33 heavy (non-hydrogen) atoms. The lowest BCUT2D eigenvalue weighted by Gasteiger charge is -2.54. The topological polar surface area (TPSA) is 78.4 Å². The van der Waals surface area contributed by atoms with Crippen molar-refractivity contribution in [3.8, 4) is 0 Å². The largest absolute Gasteiger partial charge is 0.394 e. The van der Waals surface area contributed by atoms with Crippen molar-refractivity contribution in [3.63, 3.8) is 0 Å². The summed E-state index contributed by atoms with van der Waals surface area (Å²) in [4.78, 5) is 13.2. The molecule has 174 valence electrons. The van der Waals surface area contributed by atoms with E-state index in [-0.39, 0.29) is 17.6 Å². The van der Waals surface area contributed by atoms with Crippen LogP contribution >= 0.6 is 11.6 Å². The summed E-state index contributed by atoms with van der Waals surface area (Å²) in [5.41, 5.74) is 2.06. The van der Waals surface area contributed by atoms with E-state index in [2.05, 4.69) is 22.3 Å². The van der Waals surface area contributed by atoms with E-state index in [0.717, 1.165) is 66.8 Å². The second-order valence-corrected chi connectivity index (χ2v) is 12.8. The Morgan fingerprint density at radius 2 is 1.85 bits per heavy atom. The van der Waals surface area contributed by atoms with E-state index < -0.39 is 10.8 Å². The molecule has 1 spiro atoms. The molecule has 8 heteroatoms. The van der Waals surface area contributed by atoms with Crippen molar-refractivity contribution in [1.29, 1.82) is 0 Å². The molecule has 1 aromatic heterocycles. The molecule has 0 radical (unpaired) electrons. The lowest BCUT2D eigenvalue weighted by Crippen LogP contribution is -2.54. The number of nitrogens with zero attached hydrogens (tertiary/aromatic N) is 3. The Kier molecular flexibility index (Phi) is 4.48. The number of halogens is 1. The minimum absolute atomic E-state index is 0.00907. The Bertz CT molecular complexity index is 1130. The highest BCUT2D eigenvalue weighted by Gasteiger charge is 2.56. The predicted molar refractivity (Wildman–Crippen MR) is 130 cm³/mol. The van der Waals surface area contributed by atoms with Crippen molar-refractivity contribution >= 4 is 34.2 Å². The predicted octanol–water partition coefficient (Wildman–Crippen LogP) is 3.85. The average Bonchev–Trinajstić information content (AvgIpc) is 3.51. The highest BCUT2D eigenvalue weighted by atomic mass is 35.5. The summed E-state index contributed by atoms with van der Waals surface area (Å²) >= 11 is 6.10. The molecule has 2 unspecified atom stereocenters. The van der Waals surface area contributed by atoms with Crippen LogP contribution in [-0.4, -0.2) is 50.3 Å². The third-order valence-electron chi connectivity index (χ3n) is 8.91. The summed E-state index contributed by atoms with van der Waals surface area (Å²) < 4.78 is 13.1. The van der Waals surface area contributed by atoms with Crippen LogP contribution in [-0.2, 0) is 16.2 Å². The SMILES string of the molecule is O=[S@@]1CC2(CC2)c2nc(N3CC4CC(C3)C4c3ccc(Cl)cc3)nc(NC3(CO)CCC3)c21. The van der Waals surface area contributed by atoms with E-state index in [4.69, 9.17) is 21.6 Å². The van der Waals surface area contributed by atoms with Gasteiger partial charge in [-0.3, -0.25) is 4.21 Å². The smallest absolute Gasteiger partial charge is 0.227 e. The number of nitrogens with one attached hydrogen (secondary N) is 1. The van der Waals surface area contributed by atoms with Gasteiger partial charge in [0.1, 0.15) is 10.7 Å². The van der Waals surface area contributed by atoms with Gasteiger partial charge >= 0.3 is 0 Å². The van der Waals surface area contributed by atoms with Crippen molar-refractivity contribution in [2.24, 2.45) is 11.8 Å². The number of hydrogen-bond donors (Lipinski definition) is 2. The minimum atomic E-state index is -1.07. The first kappa shape index (κ1) is 20.7. The van der Waals surface area contributed by atoms with Gasteiger partial charge in [0.05, 0.1) is 28.6 Å². The molecular weight excluding hydrogens is 456 g/mol. The fourth-order valence-electron chi connectivity index (χ4n) is 6.62. The molecule has 6 aliphatic rings. The zero-order chi connectivity index (χ0) is 22.4. The van der Waals surface area contributed by atoms with Gasteiger partial charge in [0, 0.05) is 29.3 Å². The van der Waals surface area contributed by atoms with Gasteiger partial charge in [-0.25, -0.2) is 4.98 Å². The molecule has 3 aliphatic heterocycles. The number of fused-ring (bicyclic) bond motifs is 4. The molecular formula is C25H29ClN4O2S. The van der Waals surface area contributed by atoms with E-state index in [1.165, 1.54) is 12.0 Å². The molecule has 3 saturated carbocycles. The van der Waals surface area contributed by atoms with E-state index in [9.17, 15) is 9.32 Å². The molecule has 2 aromatic rings. The Morgan fingerprint density at radius 1 is 1.12 bits per heavy atom. The molecule has 1 aromatic carbocycles. The molecule has 2 N–H and O–H groups in total. The number of hydrogen-bond acceptors (Lipinski definition) is 6. The fraction of sp³-hybridized carbons (Fsp3) is 0.600. The number of anilines is 2. The summed E-state index contributed by atoms with van der Waals surface area (Å²) in [7, 11) is -1.07. The second-order valence-electron chi connectivity index (χ2n) is 11.0. The van der Waals surface area contributed by atoms with E-state index in [1.54, 1.807) is 0 Å². The molecule has 4 heterocycles. The Morgan fingerprint density at radius 3 is 2.45 bits per heavy atom. The summed E-state index contributed by atoms with van der Waals surface area (Å²) in [5, 5.41) is 14.4. The maximum atomic E-state index is 13.1. The minimum Gasteiger partial charge on any atom is -0.394 e. The third-order valence-corrected chi connectivity index (χ3v) is 10.8. The lowest BCUT2D eigenvalue weighted by molar-refractivity contribution is 0.110. The summed E-state index contributed by atoms with van der Waals surface area (Å²) in [6, 6.07) is 8.34. The number of aliphatic hydroxyl groups is 1. The van der Waals surface area contributed by atoms with Crippen LogP contribution < -0.4 is 10.2 Å². The van der Waals surface area contributed by atoms with E-state index >= 15 is 0 Å². The summed E-state index contributed by atoms with van der Waals surface area (Å²) in [6.07, 6.45) is 6.33. The Labute approximate surface area is 201 Å². The molecule has 5 fully saturated rings. The normalized spacial score (nSPS) is 32.1. The number of rotatable bonds is 5. The molecule has 0 amide bonds. The molecule has 2 bridgehead atoms. The van der Waals surface area contributed by atoms with Crippen LogP contribution in [0.5, 0.6) is 0 Å². The van der Waals surface area contributed by atoms with Crippen LogP contribution in [0.25, 0.3) is 0 Å². The number of piperidine rings is 2. The highest BCUT2D eigenvalue weighted by molar-refractivity contribution is 7.85. The summed E-state index contributed by atoms with van der Waals surface area (Å²) in [6.45, 7) is 1.97. The van der Waals surface area contributed by atoms with Crippen molar-refractivity contribution < 1.29 is 9.32 Å². The van der Waals surface area contributed by atoms with Gasteiger partial charge in [-0.05, 0) is 74.0 Å². The first-order valence-corrected chi connectivity index (χ1v) is 13.9. The van der Waals surface area contributed by atoms with Gasteiger partial charge in [0.15, 0.2) is 0 Å². The molecule has 3 atom stereocenters. The van der Waals surface area contributed by atoms with Gasteiger partial charge in [-0.1, -0.05) is 23.7 Å². The van der Waals surface area contributed by atoms with Gasteiger partial charge in [-0.2, -0.15) is 4.98 Å². The first-order chi connectivity index (χ1) is 16.0. The summed E-state index contributed by atoms with van der Waals surface area (Å²) in [5.74, 6) is 3.93. The lowest BCUT2D eigenvalue weighted by atomic mass is 9.59. The van der Waals surface area contributed by atoms with Crippen LogP contribution in [0.2, 0.25) is 5.02 Å². The van der Waals surface area contributed by atoms with Crippen molar-refractivity contribution in [1.82, 2.24) is 9.97 Å². The van der Waals surface area contributed by atoms with Gasteiger partial charge in [-0.15, -0.1) is 0 Å². The van der Waals surface area contributed by atoms with Gasteiger partial charge < -0.3 is 15.3 Å². The van der Waals surface area contributed by atoms with Crippen molar-refractivity contribution in [2.75, 3.05) is 35.7 Å². The van der Waals surface area contributed by atoms with Gasteiger partial charge in [0.2, 0.25) is 5.95 Å². The van der Waals surface area contributed by atoms with Crippen LogP contribution in [0.15, 0.2) is 29.2 Å². The maximum absolute atomic E-state index is 13.1. The third kappa shape index (κ3) is 3.11. The van der Waals surface area contributed by atoms with Crippen molar-refractivity contribution in [3.05, 3.63) is 40.5 Å². The first-order valence-electron chi connectivity index (χ1n) is 12.2. The number of aliphatic hydroxyl groups excluding tert-OH is 1. The molecule has 3 aliphatic carbocycles. The van der Waals surface area contributed by atoms with Crippen molar-refractivity contribution in [2.45, 2.75) is 60.3 Å². The second kappa shape index (κ2) is 7.15. The Balaban J connectivity index is 1.21. The van der Waals surface area contributed by atoms with E-state index in [1.807, 2.05) is 12.1 Å².